The molecule has 9 heteroatoms. The van der Waals surface area contributed by atoms with Crippen LogP contribution in [0.2, 0.25) is 0 Å². The SMILES string of the molecule is COc1ccc2[nH]c3c(=O)n(/N=C\c4cc(OC)c(O)c(OC)c4)cnc3c2c1. The zero-order valence-electron chi connectivity index (χ0n) is 16.0. The van der Waals surface area contributed by atoms with Crippen LogP contribution in [-0.4, -0.2) is 47.3 Å². The number of nitrogens with one attached hydrogen (secondary N) is 1. The quantitative estimate of drug-likeness (QED) is 0.503. The molecule has 2 N–H and O–H groups in total. The number of ether oxygens (including phenoxy) is 3. The molecule has 0 aliphatic carbocycles. The molecule has 0 unspecified atom stereocenters. The molecule has 0 saturated carbocycles. The van der Waals surface area contributed by atoms with Crippen molar-refractivity contribution in [2.75, 3.05) is 21.3 Å². The Balaban J connectivity index is 1.78. The molecular formula is C20H18N4O5. The maximum absolute atomic E-state index is 12.8. The van der Waals surface area contributed by atoms with Crippen LogP contribution in [0.25, 0.3) is 21.9 Å². The molecule has 2 aromatic heterocycles. The van der Waals surface area contributed by atoms with E-state index in [4.69, 9.17) is 14.2 Å². The van der Waals surface area contributed by atoms with E-state index in [9.17, 15) is 9.90 Å². The molecule has 0 spiro atoms. The van der Waals surface area contributed by atoms with Crippen LogP contribution in [0.15, 0.2) is 46.6 Å². The predicted octanol–water partition coefficient (Wildman–Crippen LogP) is 2.49. The van der Waals surface area contributed by atoms with E-state index >= 15 is 0 Å². The topological polar surface area (TPSA) is 111 Å². The van der Waals surface area contributed by atoms with Crippen LogP contribution >= 0.6 is 0 Å². The zero-order chi connectivity index (χ0) is 20.5. The summed E-state index contributed by atoms with van der Waals surface area (Å²) in [6.45, 7) is 0. The second-order valence-corrected chi connectivity index (χ2v) is 6.17. The minimum atomic E-state index is -0.348. The van der Waals surface area contributed by atoms with E-state index in [2.05, 4.69) is 15.1 Å². The predicted molar refractivity (Wildman–Crippen MR) is 109 cm³/mol. The van der Waals surface area contributed by atoms with Gasteiger partial charge in [0.05, 0.1) is 27.5 Å². The number of fused-ring (bicyclic) bond motifs is 3. The average Bonchev–Trinajstić information content (AvgIpc) is 3.12. The van der Waals surface area contributed by atoms with Gasteiger partial charge in [0.15, 0.2) is 11.5 Å². The van der Waals surface area contributed by atoms with Gasteiger partial charge in [-0.05, 0) is 30.3 Å². The lowest BCUT2D eigenvalue weighted by molar-refractivity contribution is 0.340. The van der Waals surface area contributed by atoms with E-state index in [1.54, 1.807) is 25.3 Å². The Kier molecular flexibility index (Phi) is 4.55. The van der Waals surface area contributed by atoms with E-state index in [1.165, 1.54) is 26.8 Å². The number of benzene rings is 2. The maximum Gasteiger partial charge on any atom is 0.298 e. The van der Waals surface area contributed by atoms with E-state index in [0.29, 0.717) is 22.3 Å². The van der Waals surface area contributed by atoms with Gasteiger partial charge in [0.2, 0.25) is 5.75 Å². The molecule has 29 heavy (non-hydrogen) atoms. The number of phenolic OH excluding ortho intramolecular Hbond substituents is 1. The van der Waals surface area contributed by atoms with Crippen LogP contribution < -0.4 is 19.8 Å². The fraction of sp³-hybridized carbons (Fsp3) is 0.150. The summed E-state index contributed by atoms with van der Waals surface area (Å²) in [5.41, 5.74) is 1.89. The van der Waals surface area contributed by atoms with Crippen molar-refractivity contribution in [3.8, 4) is 23.0 Å². The summed E-state index contributed by atoms with van der Waals surface area (Å²) < 4.78 is 16.6. The molecule has 4 aromatic rings. The normalized spacial score (nSPS) is 11.4. The highest BCUT2D eigenvalue weighted by Gasteiger charge is 2.12. The highest BCUT2D eigenvalue weighted by Crippen LogP contribution is 2.36. The molecule has 0 bridgehead atoms. The van der Waals surface area contributed by atoms with Crippen LogP contribution in [0, 0.1) is 0 Å². The highest BCUT2D eigenvalue weighted by molar-refractivity contribution is 6.04. The van der Waals surface area contributed by atoms with Crippen molar-refractivity contribution in [3.05, 3.63) is 52.6 Å². The Labute approximate surface area is 164 Å². The molecule has 0 saturated heterocycles. The summed E-state index contributed by atoms with van der Waals surface area (Å²) in [7, 11) is 4.45. The lowest BCUT2D eigenvalue weighted by atomic mass is 10.2. The first kappa shape index (κ1) is 18.4. The molecule has 0 atom stereocenters. The van der Waals surface area contributed by atoms with Crippen LogP contribution in [0.5, 0.6) is 23.0 Å². The molecule has 0 radical (unpaired) electrons. The van der Waals surface area contributed by atoms with Gasteiger partial charge < -0.3 is 24.3 Å². The first-order chi connectivity index (χ1) is 14.0. The van der Waals surface area contributed by atoms with Gasteiger partial charge in [0.25, 0.3) is 5.56 Å². The fourth-order valence-corrected chi connectivity index (χ4v) is 3.05. The lowest BCUT2D eigenvalue weighted by Gasteiger charge is -2.09. The van der Waals surface area contributed by atoms with Gasteiger partial charge in [-0.25, -0.2) is 4.98 Å². The van der Waals surface area contributed by atoms with Crippen molar-refractivity contribution in [2.45, 2.75) is 0 Å². The van der Waals surface area contributed by atoms with Crippen LogP contribution in [0.1, 0.15) is 5.56 Å². The number of H-pyrrole nitrogens is 1. The molecule has 2 heterocycles. The molecule has 0 amide bonds. The summed E-state index contributed by atoms with van der Waals surface area (Å²) >= 11 is 0. The number of aromatic nitrogens is 3. The Bertz CT molecular complexity index is 1280. The lowest BCUT2D eigenvalue weighted by Crippen LogP contribution is -2.17. The van der Waals surface area contributed by atoms with Gasteiger partial charge in [-0.15, -0.1) is 0 Å². The Morgan fingerprint density at radius 1 is 1.10 bits per heavy atom. The molecular weight excluding hydrogens is 376 g/mol. The minimum absolute atomic E-state index is 0.110. The Morgan fingerprint density at radius 2 is 1.83 bits per heavy atom. The van der Waals surface area contributed by atoms with Gasteiger partial charge >= 0.3 is 0 Å². The van der Waals surface area contributed by atoms with Crippen molar-refractivity contribution in [3.63, 3.8) is 0 Å². The summed E-state index contributed by atoms with van der Waals surface area (Å²) in [4.78, 5) is 20.3. The second kappa shape index (κ2) is 7.19. The van der Waals surface area contributed by atoms with Crippen LogP contribution in [-0.2, 0) is 0 Å². The standard InChI is InChI=1S/C20H18N4O5/c1-27-12-4-5-14-13(8-12)17-18(23-14)20(26)24(10-21-17)22-9-11-6-15(28-2)19(25)16(7-11)29-3/h4-10,23,25H,1-3H3/b22-9-. The van der Waals surface area contributed by atoms with Gasteiger partial charge in [-0.3, -0.25) is 4.79 Å². The van der Waals surface area contributed by atoms with Crippen molar-refractivity contribution in [2.24, 2.45) is 5.10 Å². The summed E-state index contributed by atoms with van der Waals surface area (Å²) in [5.74, 6) is 1.03. The monoisotopic (exact) mass is 394 g/mol. The molecule has 0 aliphatic rings. The third-order valence-electron chi connectivity index (χ3n) is 4.53. The summed E-state index contributed by atoms with van der Waals surface area (Å²) in [6, 6.07) is 8.61. The van der Waals surface area contributed by atoms with Gasteiger partial charge in [0, 0.05) is 16.5 Å². The number of hydrogen-bond donors (Lipinski definition) is 2. The maximum atomic E-state index is 12.8. The third kappa shape index (κ3) is 3.12. The van der Waals surface area contributed by atoms with Crippen molar-refractivity contribution in [1.29, 1.82) is 0 Å². The number of aromatic hydroxyl groups is 1. The number of methoxy groups -OCH3 is 3. The minimum Gasteiger partial charge on any atom is -0.502 e. The van der Waals surface area contributed by atoms with Gasteiger partial charge in [-0.1, -0.05) is 0 Å². The number of hydrogen-bond acceptors (Lipinski definition) is 7. The van der Waals surface area contributed by atoms with E-state index < -0.39 is 0 Å². The summed E-state index contributed by atoms with van der Waals surface area (Å²) in [5, 5.41) is 15.0. The first-order valence-corrected chi connectivity index (χ1v) is 8.62. The van der Waals surface area contributed by atoms with Crippen molar-refractivity contribution in [1.82, 2.24) is 14.6 Å². The number of nitrogens with zero attached hydrogens (tertiary/aromatic N) is 3. The van der Waals surface area contributed by atoms with E-state index in [1.807, 2.05) is 12.1 Å². The second-order valence-electron chi connectivity index (χ2n) is 6.17. The highest BCUT2D eigenvalue weighted by atomic mass is 16.5. The fourth-order valence-electron chi connectivity index (χ4n) is 3.05. The Hall–Kier alpha value is -4.01. The molecule has 148 valence electrons. The van der Waals surface area contributed by atoms with Crippen LogP contribution in [0.4, 0.5) is 0 Å². The largest absolute Gasteiger partial charge is 0.502 e. The molecule has 0 fully saturated rings. The van der Waals surface area contributed by atoms with Crippen molar-refractivity contribution < 1.29 is 19.3 Å². The third-order valence-corrected chi connectivity index (χ3v) is 4.53. The average molecular weight is 394 g/mol. The smallest absolute Gasteiger partial charge is 0.298 e. The number of aromatic amines is 1. The number of rotatable bonds is 5. The summed E-state index contributed by atoms with van der Waals surface area (Å²) in [6.07, 6.45) is 2.80. The molecule has 0 aliphatic heterocycles. The number of phenols is 1. The van der Waals surface area contributed by atoms with Crippen molar-refractivity contribution >= 4 is 28.2 Å². The zero-order valence-corrected chi connectivity index (χ0v) is 16.0. The van der Waals surface area contributed by atoms with E-state index in [0.717, 1.165) is 15.6 Å². The molecule has 2 aromatic carbocycles. The Morgan fingerprint density at radius 3 is 2.48 bits per heavy atom. The van der Waals surface area contributed by atoms with Gasteiger partial charge in [-0.2, -0.15) is 9.78 Å². The van der Waals surface area contributed by atoms with E-state index in [-0.39, 0.29) is 22.8 Å². The molecule has 4 rings (SSSR count). The first-order valence-electron chi connectivity index (χ1n) is 8.62. The van der Waals surface area contributed by atoms with Crippen LogP contribution in [0.3, 0.4) is 0 Å². The molecule has 9 nitrogen and oxygen atoms in total. The van der Waals surface area contributed by atoms with Gasteiger partial charge in [0.1, 0.15) is 23.1 Å².